The molecule has 3 aromatic rings. The second-order valence-corrected chi connectivity index (χ2v) is 8.12. The zero-order chi connectivity index (χ0) is 20.4. The number of pyridine rings is 1. The largest absolute Gasteiger partial charge is 0.512 e. The standard InChI is InChI=1S/C21H18N.C5H8O2.Ir/c1-2-4-16(5-3-1)21-12-17-10-19-14-6-8-15(9-7-14)20(19)11-18(17)13-22-21;1-4(6)3-5(2)7;/h1-4,10-15H,6-9H2;3,6H,1-2H3;/q-1;;. The summed E-state index contributed by atoms with van der Waals surface area (Å²) in [6, 6.07) is 18.4. The van der Waals surface area contributed by atoms with Gasteiger partial charge in [-0.2, -0.15) is 0 Å². The minimum atomic E-state index is -0.125. The molecule has 0 spiro atoms. The van der Waals surface area contributed by atoms with Gasteiger partial charge < -0.3 is 10.1 Å². The first-order valence-electron chi connectivity index (χ1n) is 10.3. The van der Waals surface area contributed by atoms with E-state index in [1.165, 1.54) is 56.4 Å². The van der Waals surface area contributed by atoms with Crippen LogP contribution in [0.4, 0.5) is 0 Å². The monoisotopic (exact) mass is 577 g/mol. The van der Waals surface area contributed by atoms with Crippen LogP contribution < -0.4 is 0 Å². The van der Waals surface area contributed by atoms with Crippen molar-refractivity contribution in [3.63, 3.8) is 0 Å². The molecule has 0 saturated heterocycles. The predicted octanol–water partition coefficient (Wildman–Crippen LogP) is 6.49. The van der Waals surface area contributed by atoms with Gasteiger partial charge in [0.15, 0.2) is 5.78 Å². The van der Waals surface area contributed by atoms with Crippen LogP contribution in [0, 0.1) is 6.07 Å². The van der Waals surface area contributed by atoms with Crippen molar-refractivity contribution in [2.45, 2.75) is 51.4 Å². The third kappa shape index (κ3) is 4.88. The number of hydrogen-bond acceptors (Lipinski definition) is 3. The van der Waals surface area contributed by atoms with Gasteiger partial charge >= 0.3 is 0 Å². The van der Waals surface area contributed by atoms with Crippen LogP contribution >= 0.6 is 0 Å². The Bertz CT molecular complexity index is 1060. The van der Waals surface area contributed by atoms with Crippen LogP contribution in [-0.2, 0) is 24.9 Å². The number of ketones is 1. The Morgan fingerprint density at radius 3 is 2.17 bits per heavy atom. The van der Waals surface area contributed by atoms with E-state index in [0.29, 0.717) is 0 Å². The number of nitrogens with zero attached hydrogens (tertiary/aromatic N) is 1. The van der Waals surface area contributed by atoms with Gasteiger partial charge in [-0.1, -0.05) is 12.1 Å². The summed E-state index contributed by atoms with van der Waals surface area (Å²) in [5.74, 6) is 1.53. The van der Waals surface area contributed by atoms with E-state index in [2.05, 4.69) is 35.3 Å². The Balaban J connectivity index is 0.000000281. The second-order valence-electron chi connectivity index (χ2n) is 8.12. The van der Waals surface area contributed by atoms with Gasteiger partial charge in [0.2, 0.25) is 0 Å². The maximum absolute atomic E-state index is 10.0. The van der Waals surface area contributed by atoms with E-state index in [0.717, 1.165) is 23.1 Å². The van der Waals surface area contributed by atoms with Crippen LogP contribution in [0.3, 0.4) is 0 Å². The van der Waals surface area contributed by atoms with Crippen molar-refractivity contribution in [2.24, 2.45) is 0 Å². The molecule has 4 heteroatoms. The topological polar surface area (TPSA) is 50.2 Å². The first kappa shape index (κ1) is 22.4. The van der Waals surface area contributed by atoms with E-state index >= 15 is 0 Å². The molecular formula is C26H26IrNO2-. The molecule has 1 heterocycles. The summed E-state index contributed by atoms with van der Waals surface area (Å²) in [7, 11) is 0. The van der Waals surface area contributed by atoms with Gasteiger partial charge in [-0.25, -0.2) is 0 Å². The first-order valence-corrected chi connectivity index (χ1v) is 10.3. The fourth-order valence-corrected chi connectivity index (χ4v) is 4.65. The van der Waals surface area contributed by atoms with E-state index in [-0.39, 0.29) is 31.6 Å². The number of rotatable bonds is 2. The summed E-state index contributed by atoms with van der Waals surface area (Å²) < 4.78 is 0. The number of carbonyl (C=O) groups excluding carboxylic acids is 1. The maximum Gasteiger partial charge on any atom is 0.155 e. The molecule has 157 valence electrons. The van der Waals surface area contributed by atoms with Crippen molar-refractivity contribution >= 4 is 16.6 Å². The molecule has 3 aliphatic rings. The Morgan fingerprint density at radius 2 is 1.67 bits per heavy atom. The zero-order valence-electron chi connectivity index (χ0n) is 17.3. The van der Waals surface area contributed by atoms with Crippen LogP contribution in [0.15, 0.2) is 60.5 Å². The predicted molar refractivity (Wildman–Crippen MR) is 117 cm³/mol. The van der Waals surface area contributed by atoms with Crippen molar-refractivity contribution in [3.8, 4) is 11.3 Å². The second kappa shape index (κ2) is 9.68. The van der Waals surface area contributed by atoms with Crippen LogP contribution in [0.2, 0.25) is 0 Å². The summed E-state index contributed by atoms with van der Waals surface area (Å²) in [4.78, 5) is 14.7. The van der Waals surface area contributed by atoms with Crippen molar-refractivity contribution in [1.82, 2.24) is 4.98 Å². The molecule has 1 fully saturated rings. The molecule has 6 rings (SSSR count). The molecule has 1 saturated carbocycles. The smallest absolute Gasteiger partial charge is 0.155 e. The van der Waals surface area contributed by atoms with E-state index < -0.39 is 0 Å². The zero-order valence-corrected chi connectivity index (χ0v) is 19.7. The van der Waals surface area contributed by atoms with Crippen molar-refractivity contribution in [3.05, 3.63) is 77.7 Å². The minimum Gasteiger partial charge on any atom is -0.512 e. The van der Waals surface area contributed by atoms with Crippen molar-refractivity contribution in [2.75, 3.05) is 0 Å². The Hall–Kier alpha value is -2.29. The number of benzene rings is 2. The molecule has 0 amide bonds. The number of carbonyl (C=O) groups is 1. The fraction of sp³-hybridized carbons (Fsp3) is 0.308. The summed E-state index contributed by atoms with van der Waals surface area (Å²) in [5.41, 5.74) is 5.32. The Morgan fingerprint density at radius 1 is 1.03 bits per heavy atom. The normalized spacial score (nSPS) is 19.3. The molecule has 1 aromatic heterocycles. The molecule has 3 nitrogen and oxygen atoms in total. The van der Waals surface area contributed by atoms with Gasteiger partial charge in [0.05, 0.1) is 5.76 Å². The fourth-order valence-electron chi connectivity index (χ4n) is 4.65. The summed E-state index contributed by atoms with van der Waals surface area (Å²) >= 11 is 0. The van der Waals surface area contributed by atoms with Gasteiger partial charge in [0, 0.05) is 32.4 Å². The average Bonchev–Trinajstić information content (AvgIpc) is 2.73. The van der Waals surface area contributed by atoms with Crippen LogP contribution in [0.5, 0.6) is 0 Å². The number of allylic oxidation sites excluding steroid dienone is 2. The van der Waals surface area contributed by atoms with E-state index in [1.807, 2.05) is 24.4 Å². The van der Waals surface area contributed by atoms with Gasteiger partial charge in [-0.3, -0.25) is 4.79 Å². The van der Waals surface area contributed by atoms with Crippen LogP contribution in [0.25, 0.3) is 22.0 Å². The van der Waals surface area contributed by atoms with Gasteiger partial charge in [-0.05, 0) is 85.0 Å². The molecule has 1 radical (unpaired) electrons. The van der Waals surface area contributed by atoms with E-state index in [9.17, 15) is 4.79 Å². The van der Waals surface area contributed by atoms with Crippen molar-refractivity contribution < 1.29 is 30.0 Å². The molecule has 3 aliphatic carbocycles. The number of fused-ring (bicyclic) bond motifs is 3. The molecule has 0 unspecified atom stereocenters. The summed E-state index contributed by atoms with van der Waals surface area (Å²) in [6.07, 6.45) is 8.73. The Kier molecular flexibility index (Phi) is 7.23. The number of aromatic nitrogens is 1. The molecule has 0 atom stereocenters. The van der Waals surface area contributed by atoms with Crippen molar-refractivity contribution in [1.29, 1.82) is 0 Å². The summed E-state index contributed by atoms with van der Waals surface area (Å²) in [5, 5.41) is 11.0. The van der Waals surface area contributed by atoms with E-state index in [4.69, 9.17) is 5.11 Å². The Labute approximate surface area is 191 Å². The van der Waals surface area contributed by atoms with Crippen LogP contribution in [0.1, 0.15) is 62.5 Å². The minimum absolute atomic E-state index is 0. The third-order valence-corrected chi connectivity index (χ3v) is 5.93. The SMILES string of the molecule is CC(=O)C=C(C)O.[Ir].[c-]1ccccc1-c1cc2cc3c(cc2cn1)C1CCC3CC1. The molecule has 2 bridgehead atoms. The quantitative estimate of drug-likeness (QED) is 0.216. The maximum atomic E-state index is 10.0. The average molecular weight is 577 g/mol. The number of hydrogen-bond donors (Lipinski definition) is 1. The van der Waals surface area contributed by atoms with Gasteiger partial charge in [0.1, 0.15) is 0 Å². The molecule has 1 N–H and O–H groups in total. The van der Waals surface area contributed by atoms with Crippen LogP contribution in [-0.4, -0.2) is 15.9 Å². The molecule has 30 heavy (non-hydrogen) atoms. The number of aliphatic hydroxyl groups excluding tert-OH is 1. The molecule has 2 aromatic carbocycles. The number of aliphatic hydroxyl groups is 1. The molecule has 0 aliphatic heterocycles. The van der Waals surface area contributed by atoms with Gasteiger partial charge in [-0.15, -0.1) is 35.9 Å². The third-order valence-electron chi connectivity index (χ3n) is 5.93. The van der Waals surface area contributed by atoms with E-state index in [1.54, 1.807) is 11.1 Å². The summed E-state index contributed by atoms with van der Waals surface area (Å²) in [6.45, 7) is 2.85. The van der Waals surface area contributed by atoms with Gasteiger partial charge in [0.25, 0.3) is 0 Å². The first-order chi connectivity index (χ1) is 14.0. The molecular weight excluding hydrogens is 551 g/mol.